The van der Waals surface area contributed by atoms with Crippen molar-refractivity contribution < 1.29 is 415 Å². The summed E-state index contributed by atoms with van der Waals surface area (Å²) in [5.74, 6) is 0.740. The zero-order valence-electron chi connectivity index (χ0n) is 15.7. The molecular weight excluding hydrogens is 672 g/mol. The maximum absolute atomic E-state index is 6.05. The fourth-order valence-electron chi connectivity index (χ4n) is 3.89. The summed E-state index contributed by atoms with van der Waals surface area (Å²) in [5.41, 5.74) is 7.59. The van der Waals surface area contributed by atoms with Crippen molar-refractivity contribution in [2.75, 3.05) is 13.1 Å². The van der Waals surface area contributed by atoms with Gasteiger partial charge in [0.2, 0.25) is 0 Å². The van der Waals surface area contributed by atoms with Crippen molar-refractivity contribution in [2.45, 2.75) is 56.5 Å². The Kier molecular flexibility index (Phi) is 91.9. The molecule has 13 heteroatoms. The van der Waals surface area contributed by atoms with Crippen LogP contribution in [0.2, 0.25) is 0 Å². The molecule has 2 N–H and O–H groups in total. The van der Waals surface area contributed by atoms with Gasteiger partial charge in [-0.1, -0.05) is 43.2 Å². The van der Waals surface area contributed by atoms with Crippen molar-refractivity contribution in [3.05, 3.63) is 35.9 Å². The molecule has 1 heterocycles. The molecule has 30 heavy (non-hydrogen) atoms. The van der Waals surface area contributed by atoms with E-state index in [-0.39, 0.29) is 415 Å². The second kappa shape index (κ2) is 42.0. The zero-order valence-corrected chi connectivity index (χ0v) is 23.5. The van der Waals surface area contributed by atoms with Crippen LogP contribution < -0.4 is 5.73 Å². The number of likely N-dealkylation sites (tertiary alicyclic amines) is 1. The van der Waals surface area contributed by atoms with E-state index in [9.17, 15) is 0 Å². The fraction of sp³-hybridized carbons (Fsp3) is 0.647. The summed E-state index contributed by atoms with van der Waals surface area (Å²) in [6, 6.07) is 12.3. The molecule has 2 nitrogen and oxygen atoms in total. The molecule has 0 spiro atoms. The summed E-state index contributed by atoms with van der Waals surface area (Å²) in [5, 5.41) is 0. The summed E-state index contributed by atoms with van der Waals surface area (Å²) in [7, 11) is 0. The van der Waals surface area contributed by atoms with Gasteiger partial charge in [-0.05, 0) is 50.3 Å². The van der Waals surface area contributed by atoms with Crippen molar-refractivity contribution in [1.29, 1.82) is 0 Å². The Morgan fingerprint density at radius 3 is 1.50 bits per heavy atom. The first-order valence-electron chi connectivity index (χ1n) is 7.89. The van der Waals surface area contributed by atoms with Crippen LogP contribution in [0.15, 0.2) is 30.3 Å². The molecule has 0 bridgehead atoms. The van der Waals surface area contributed by atoms with Crippen molar-refractivity contribution in [3.8, 4) is 0 Å². The first kappa shape index (κ1) is 65.6. The average molecular weight is 698 g/mol. The number of hydrogen-bond acceptors (Lipinski definition) is 2. The van der Waals surface area contributed by atoms with Crippen LogP contribution in [0.3, 0.4) is 0 Å². The van der Waals surface area contributed by atoms with Crippen LogP contribution in [0.4, 0.5) is 0 Å². The molecule has 0 aromatic heterocycles. The van der Waals surface area contributed by atoms with Gasteiger partial charge in [-0.2, -0.15) is 0 Å². The van der Waals surface area contributed by atoms with Crippen LogP contribution in [0.5, 0.6) is 0 Å². The number of rotatable bonds is 2. The molecule has 1 aromatic carbocycles. The Labute approximate surface area is 514 Å². The predicted molar refractivity (Wildman–Crippen MR) is 80.2 cm³/mol. The van der Waals surface area contributed by atoms with E-state index in [0.29, 0.717) is 6.04 Å². The van der Waals surface area contributed by atoms with E-state index in [4.69, 9.17) is 5.73 Å². The normalized spacial score (nSPS) is 19.2. The fourth-order valence-corrected chi connectivity index (χ4v) is 3.89. The molecule has 1 aliphatic carbocycles. The minimum Gasteiger partial charge on any atom is -0.328 e. The van der Waals surface area contributed by atoms with Crippen LogP contribution >= 0.6 is 0 Å². The zero-order chi connectivity index (χ0) is 13.1. The number of nitrogens with zero attached hydrogens (tertiary/aromatic N) is 1. The third kappa shape index (κ3) is 26.2. The van der Waals surface area contributed by atoms with Gasteiger partial charge in [-0.25, -0.2) is 0 Å². The van der Waals surface area contributed by atoms with E-state index in [1.165, 1.54) is 51.6 Å². The first-order valence-corrected chi connectivity index (χ1v) is 7.89. The maximum Gasteiger partial charge on any atom is 0.0164 e. The van der Waals surface area contributed by atoms with Crippen molar-refractivity contribution in [1.82, 2.24) is 4.90 Å². The minimum atomic E-state index is 0. The van der Waals surface area contributed by atoms with Gasteiger partial charge in [-0.3, -0.25) is 4.90 Å². The molecule has 1 saturated carbocycles. The molecular formula is C17H26Ar11N2. The van der Waals surface area contributed by atoms with E-state index >= 15 is 0 Å². The SMILES string of the molecule is NC1CCN([C@@H]2CCCC[C@@H]2c2ccccc2)CC1.[Ar].[Ar].[Ar].[Ar].[Ar].[Ar].[Ar].[Ar].[Ar].[Ar].[Ar]. The van der Waals surface area contributed by atoms with Gasteiger partial charge in [0.15, 0.2) is 0 Å². The quantitative estimate of drug-likeness (QED) is 0.515. The first-order chi connectivity index (χ1) is 9.34. The molecule has 0 radical (unpaired) electrons. The molecule has 1 aliphatic heterocycles. The molecule has 0 amide bonds. The minimum absolute atomic E-state index is 0. The van der Waals surface area contributed by atoms with Crippen LogP contribution in [-0.4, -0.2) is 30.1 Å². The Morgan fingerprint density at radius 1 is 0.600 bits per heavy atom. The van der Waals surface area contributed by atoms with Gasteiger partial charge in [0.25, 0.3) is 0 Å². The predicted octanol–water partition coefficient (Wildman–Crippen LogP) is 3.14. The van der Waals surface area contributed by atoms with E-state index in [0.717, 1.165) is 12.0 Å². The van der Waals surface area contributed by atoms with Gasteiger partial charge >= 0.3 is 0 Å². The van der Waals surface area contributed by atoms with Gasteiger partial charge in [0, 0.05) is 427 Å². The summed E-state index contributed by atoms with van der Waals surface area (Å²) in [6.07, 6.45) is 7.88. The van der Waals surface area contributed by atoms with Crippen molar-refractivity contribution >= 4 is 0 Å². The summed E-state index contributed by atoms with van der Waals surface area (Å²) in [6.45, 7) is 2.41. The van der Waals surface area contributed by atoms with Crippen LogP contribution in [0.1, 0.15) is 50.0 Å². The van der Waals surface area contributed by atoms with Crippen LogP contribution in [-0.2, 0) is 0 Å². The van der Waals surface area contributed by atoms with E-state index < -0.39 is 0 Å². The number of piperidine rings is 1. The van der Waals surface area contributed by atoms with E-state index in [2.05, 4.69) is 35.2 Å². The van der Waals surface area contributed by atoms with Crippen molar-refractivity contribution in [2.24, 2.45) is 5.73 Å². The summed E-state index contributed by atoms with van der Waals surface area (Å²) < 4.78 is 0. The van der Waals surface area contributed by atoms with Gasteiger partial charge in [-0.15, -0.1) is 0 Å². The molecule has 192 valence electrons. The monoisotopic (exact) mass is 698 g/mol. The second-order valence-corrected chi connectivity index (χ2v) is 6.24. The van der Waals surface area contributed by atoms with E-state index in [1.807, 2.05) is 0 Å². The van der Waals surface area contributed by atoms with Gasteiger partial charge in [0.05, 0.1) is 0 Å². The van der Waals surface area contributed by atoms with Gasteiger partial charge < -0.3 is 5.73 Å². The molecule has 0 unspecified atom stereocenters. The number of hydrogen-bond donors (Lipinski definition) is 1. The van der Waals surface area contributed by atoms with Crippen LogP contribution in [0, 0.1) is 415 Å². The summed E-state index contributed by atoms with van der Waals surface area (Å²) >= 11 is 0. The second-order valence-electron chi connectivity index (χ2n) is 6.24. The molecule has 2 atom stereocenters. The Bertz CT molecular complexity index is 410. The topological polar surface area (TPSA) is 29.3 Å². The third-order valence-corrected chi connectivity index (χ3v) is 5.00. The van der Waals surface area contributed by atoms with Gasteiger partial charge in [0.1, 0.15) is 0 Å². The summed E-state index contributed by atoms with van der Waals surface area (Å²) in [4.78, 5) is 2.72. The average Bonchev–Trinajstić information content (AvgIpc) is 2.49. The molecule has 3 rings (SSSR count). The number of benzene rings is 1. The van der Waals surface area contributed by atoms with E-state index in [1.54, 1.807) is 5.56 Å². The standard InChI is InChI=1S/C17H26N2.11Ar/c18-15-10-12-19(13-11-15)17-9-5-4-8-16(17)14-6-2-1-3-7-14;;;;;;;;;;;/h1-3,6-7,15-17H,4-5,8-13,18H2;;;;;;;;;;;/t16-,17-;;;;;;;;;;;/m1.........../s1. The van der Waals surface area contributed by atoms with Crippen LogP contribution in [0.25, 0.3) is 0 Å². The maximum atomic E-state index is 6.05. The smallest absolute Gasteiger partial charge is 0.0164 e. The third-order valence-electron chi connectivity index (χ3n) is 5.00. The molecule has 1 aromatic rings. The Hall–Kier alpha value is 13.0. The number of nitrogens with two attached hydrogens (primary N) is 1. The Balaban J connectivity index is -0.0000000573. The largest absolute Gasteiger partial charge is 0.328 e. The van der Waals surface area contributed by atoms with Crippen molar-refractivity contribution in [3.63, 3.8) is 0 Å². The Morgan fingerprint density at radius 2 is 1.03 bits per heavy atom. The molecule has 1 saturated heterocycles. The molecule has 2 fully saturated rings. The molecule has 2 aliphatic rings.